The van der Waals surface area contributed by atoms with Gasteiger partial charge in [0.05, 0.1) is 6.20 Å². The zero-order valence-corrected chi connectivity index (χ0v) is 9.22. The number of aromatic amines is 1. The zero-order valence-electron chi connectivity index (χ0n) is 9.22. The number of H-pyrrole nitrogens is 1. The third kappa shape index (κ3) is 2.08. The van der Waals surface area contributed by atoms with E-state index in [1.807, 2.05) is 0 Å². The highest BCUT2D eigenvalue weighted by Crippen LogP contribution is 2.21. The number of hydrogen-bond donors (Lipinski definition) is 3. The van der Waals surface area contributed by atoms with Crippen LogP contribution in [0.3, 0.4) is 0 Å². The largest absolute Gasteiger partial charge is 0.480 e. The van der Waals surface area contributed by atoms with Crippen LogP contribution in [0, 0.1) is 0 Å². The molecule has 1 aliphatic heterocycles. The maximum Gasteiger partial charge on any atom is 0.326 e. The first-order valence-corrected chi connectivity index (χ1v) is 5.44. The van der Waals surface area contributed by atoms with E-state index >= 15 is 0 Å². The lowest BCUT2D eigenvalue weighted by atomic mass is 10.0. The molecule has 2 heterocycles. The van der Waals surface area contributed by atoms with Crippen LogP contribution in [0.15, 0.2) is 6.20 Å². The molecule has 92 valence electrons. The van der Waals surface area contributed by atoms with Crippen molar-refractivity contribution in [1.82, 2.24) is 15.1 Å². The SMILES string of the molecule is Nc1[nH]ncc1C(=O)N1CCCCC1C(=O)O. The minimum Gasteiger partial charge on any atom is -0.480 e. The molecule has 7 nitrogen and oxygen atoms in total. The average molecular weight is 238 g/mol. The lowest BCUT2D eigenvalue weighted by Crippen LogP contribution is -2.48. The first-order chi connectivity index (χ1) is 8.11. The van der Waals surface area contributed by atoms with Gasteiger partial charge in [0.1, 0.15) is 17.4 Å². The van der Waals surface area contributed by atoms with E-state index in [-0.39, 0.29) is 17.3 Å². The van der Waals surface area contributed by atoms with Gasteiger partial charge in [0, 0.05) is 6.54 Å². The number of nitrogen functional groups attached to an aromatic ring is 1. The fourth-order valence-corrected chi connectivity index (χ4v) is 2.05. The number of nitrogens with one attached hydrogen (secondary N) is 1. The summed E-state index contributed by atoms with van der Waals surface area (Å²) in [6.45, 7) is 0.445. The molecule has 0 aromatic carbocycles. The topological polar surface area (TPSA) is 112 Å². The summed E-state index contributed by atoms with van der Waals surface area (Å²) < 4.78 is 0. The number of carboxylic acid groups (broad SMARTS) is 1. The van der Waals surface area contributed by atoms with Gasteiger partial charge in [0.25, 0.3) is 5.91 Å². The van der Waals surface area contributed by atoms with Crippen LogP contribution in [0.1, 0.15) is 29.6 Å². The van der Waals surface area contributed by atoms with Crippen molar-refractivity contribution in [1.29, 1.82) is 0 Å². The molecular weight excluding hydrogens is 224 g/mol. The van der Waals surface area contributed by atoms with Crippen molar-refractivity contribution in [2.24, 2.45) is 0 Å². The van der Waals surface area contributed by atoms with Crippen LogP contribution in [-0.4, -0.2) is 44.7 Å². The molecule has 1 amide bonds. The first-order valence-electron chi connectivity index (χ1n) is 5.44. The number of aliphatic carboxylic acids is 1. The molecule has 0 bridgehead atoms. The standard InChI is InChI=1S/C10H14N4O3/c11-8-6(5-12-13-8)9(15)14-4-2-1-3-7(14)10(16)17/h5,7H,1-4H2,(H,16,17)(H3,11,12,13). The van der Waals surface area contributed by atoms with Crippen molar-refractivity contribution >= 4 is 17.7 Å². The third-order valence-corrected chi connectivity index (χ3v) is 2.95. The van der Waals surface area contributed by atoms with Gasteiger partial charge in [-0.1, -0.05) is 0 Å². The number of nitrogens with zero attached hydrogens (tertiary/aromatic N) is 2. The molecule has 0 aliphatic carbocycles. The second kappa shape index (κ2) is 4.44. The number of hydrogen-bond acceptors (Lipinski definition) is 4. The zero-order chi connectivity index (χ0) is 12.4. The molecule has 1 aromatic rings. The number of carbonyl (C=O) groups excluding carboxylic acids is 1. The van der Waals surface area contributed by atoms with Crippen LogP contribution in [0.5, 0.6) is 0 Å². The molecular formula is C10H14N4O3. The van der Waals surface area contributed by atoms with Crippen molar-refractivity contribution in [2.45, 2.75) is 25.3 Å². The van der Waals surface area contributed by atoms with Crippen molar-refractivity contribution in [2.75, 3.05) is 12.3 Å². The molecule has 1 fully saturated rings. The van der Waals surface area contributed by atoms with Gasteiger partial charge in [0.2, 0.25) is 0 Å². The van der Waals surface area contributed by atoms with E-state index in [0.717, 1.165) is 12.8 Å². The number of carboxylic acids is 1. The Kier molecular flexibility index (Phi) is 2.99. The van der Waals surface area contributed by atoms with Crippen LogP contribution in [-0.2, 0) is 4.79 Å². The Balaban J connectivity index is 2.23. The van der Waals surface area contributed by atoms with Crippen LogP contribution >= 0.6 is 0 Å². The van der Waals surface area contributed by atoms with Crippen molar-refractivity contribution in [3.63, 3.8) is 0 Å². The molecule has 4 N–H and O–H groups in total. The number of aromatic nitrogens is 2. The predicted molar refractivity (Wildman–Crippen MR) is 59.3 cm³/mol. The highest BCUT2D eigenvalue weighted by molar-refractivity contribution is 6.00. The molecule has 0 spiro atoms. The summed E-state index contributed by atoms with van der Waals surface area (Å²) in [4.78, 5) is 24.5. The van der Waals surface area contributed by atoms with Crippen molar-refractivity contribution < 1.29 is 14.7 Å². The number of carbonyl (C=O) groups is 2. The van der Waals surface area contributed by atoms with Crippen LogP contribution in [0.2, 0.25) is 0 Å². The molecule has 17 heavy (non-hydrogen) atoms. The predicted octanol–water partition coefficient (Wildman–Crippen LogP) is 0.0712. The monoisotopic (exact) mass is 238 g/mol. The number of nitrogens with two attached hydrogens (primary N) is 1. The van der Waals surface area contributed by atoms with Gasteiger partial charge >= 0.3 is 5.97 Å². The van der Waals surface area contributed by atoms with Crippen LogP contribution in [0.4, 0.5) is 5.82 Å². The van der Waals surface area contributed by atoms with Crippen molar-refractivity contribution in [3.8, 4) is 0 Å². The van der Waals surface area contributed by atoms with Crippen molar-refractivity contribution in [3.05, 3.63) is 11.8 Å². The van der Waals surface area contributed by atoms with Gasteiger partial charge in [0.15, 0.2) is 0 Å². The Morgan fingerprint density at radius 1 is 1.53 bits per heavy atom. The summed E-state index contributed by atoms with van der Waals surface area (Å²) in [5, 5.41) is 15.2. The van der Waals surface area contributed by atoms with Crippen LogP contribution < -0.4 is 5.73 Å². The lowest BCUT2D eigenvalue weighted by Gasteiger charge is -2.32. The van der Waals surface area contributed by atoms with E-state index in [2.05, 4.69) is 10.2 Å². The van der Waals surface area contributed by atoms with Gasteiger partial charge in [-0.2, -0.15) is 5.10 Å². The lowest BCUT2D eigenvalue weighted by molar-refractivity contribution is -0.143. The third-order valence-electron chi connectivity index (χ3n) is 2.95. The van der Waals surface area contributed by atoms with Gasteiger partial charge < -0.3 is 15.7 Å². The van der Waals surface area contributed by atoms with E-state index in [9.17, 15) is 9.59 Å². The molecule has 1 saturated heterocycles. The molecule has 0 saturated carbocycles. The summed E-state index contributed by atoms with van der Waals surface area (Å²) in [5.41, 5.74) is 5.79. The Morgan fingerprint density at radius 3 is 2.88 bits per heavy atom. The molecule has 1 unspecified atom stereocenters. The molecule has 7 heteroatoms. The highest BCUT2D eigenvalue weighted by Gasteiger charge is 2.33. The fourth-order valence-electron chi connectivity index (χ4n) is 2.05. The Labute approximate surface area is 97.6 Å². The smallest absolute Gasteiger partial charge is 0.326 e. The second-order valence-electron chi connectivity index (χ2n) is 4.05. The van der Waals surface area contributed by atoms with Gasteiger partial charge in [-0.05, 0) is 19.3 Å². The maximum atomic E-state index is 12.1. The molecule has 0 radical (unpaired) electrons. The summed E-state index contributed by atoms with van der Waals surface area (Å²) in [5.74, 6) is -1.17. The van der Waals surface area contributed by atoms with Gasteiger partial charge in [-0.15, -0.1) is 0 Å². The quantitative estimate of drug-likeness (QED) is 0.675. The number of rotatable bonds is 2. The van der Waals surface area contributed by atoms with E-state index < -0.39 is 12.0 Å². The Morgan fingerprint density at radius 2 is 2.29 bits per heavy atom. The number of anilines is 1. The molecule has 1 atom stereocenters. The number of likely N-dealkylation sites (tertiary alicyclic amines) is 1. The van der Waals surface area contributed by atoms with E-state index in [0.29, 0.717) is 13.0 Å². The minimum absolute atomic E-state index is 0.171. The normalized spacial score (nSPS) is 20.2. The summed E-state index contributed by atoms with van der Waals surface area (Å²) >= 11 is 0. The Hall–Kier alpha value is -2.05. The molecule has 2 rings (SSSR count). The molecule has 1 aliphatic rings. The van der Waals surface area contributed by atoms with Gasteiger partial charge in [-0.25, -0.2) is 4.79 Å². The highest BCUT2D eigenvalue weighted by atomic mass is 16.4. The summed E-state index contributed by atoms with van der Waals surface area (Å²) in [6, 6.07) is -0.759. The molecule has 1 aromatic heterocycles. The summed E-state index contributed by atoms with van der Waals surface area (Å²) in [6.07, 6.45) is 3.44. The Bertz CT molecular complexity index is 443. The summed E-state index contributed by atoms with van der Waals surface area (Å²) in [7, 11) is 0. The van der Waals surface area contributed by atoms with Crippen LogP contribution in [0.25, 0.3) is 0 Å². The maximum absolute atomic E-state index is 12.1. The van der Waals surface area contributed by atoms with E-state index in [4.69, 9.17) is 10.8 Å². The minimum atomic E-state index is -0.972. The van der Waals surface area contributed by atoms with Gasteiger partial charge in [-0.3, -0.25) is 9.89 Å². The van der Waals surface area contributed by atoms with E-state index in [1.165, 1.54) is 11.1 Å². The second-order valence-corrected chi connectivity index (χ2v) is 4.05. The fraction of sp³-hybridized carbons (Fsp3) is 0.500. The number of amides is 1. The average Bonchev–Trinajstić information content (AvgIpc) is 2.74. The van der Waals surface area contributed by atoms with E-state index in [1.54, 1.807) is 0 Å². The number of piperidine rings is 1. The first kappa shape index (κ1) is 11.4.